The molecule has 190 valence electrons. The summed E-state index contributed by atoms with van der Waals surface area (Å²) in [5.41, 5.74) is 1.89. The van der Waals surface area contributed by atoms with Gasteiger partial charge in [-0.05, 0) is 37.1 Å². The Labute approximate surface area is 222 Å². The Hall–Kier alpha value is -3.38. The number of aromatic nitrogens is 3. The van der Waals surface area contributed by atoms with E-state index in [1.807, 2.05) is 48.7 Å². The Kier molecular flexibility index (Phi) is 8.18. The van der Waals surface area contributed by atoms with Crippen molar-refractivity contribution < 1.29 is 19.1 Å². The number of carbonyl (C=O) groups excluding carboxylic acids is 2. The van der Waals surface area contributed by atoms with Crippen molar-refractivity contribution in [1.29, 1.82) is 0 Å². The molecule has 0 atom stereocenters. The first kappa shape index (κ1) is 26.7. The van der Waals surface area contributed by atoms with Crippen LogP contribution in [0, 0.1) is 5.92 Å². The van der Waals surface area contributed by atoms with Crippen LogP contribution in [-0.4, -0.2) is 69.5 Å². The van der Waals surface area contributed by atoms with Gasteiger partial charge in [0.15, 0.2) is 17.3 Å². The van der Waals surface area contributed by atoms with Gasteiger partial charge in [-0.2, -0.15) is 0 Å². The zero-order chi connectivity index (χ0) is 26.6. The number of methoxy groups -OCH3 is 1. The number of hydrogen-bond acceptors (Lipinski definition) is 9. The third-order valence-corrected chi connectivity index (χ3v) is 6.42. The third-order valence-electron chi connectivity index (χ3n) is 5.42. The summed E-state index contributed by atoms with van der Waals surface area (Å²) in [6.45, 7) is 3.08. The van der Waals surface area contributed by atoms with Crippen LogP contribution in [0.15, 0.2) is 30.5 Å². The average Bonchev–Trinajstić information content (AvgIpc) is 3.60. The molecular weight excluding hydrogens is 489 g/mol. The number of nitrogens with zero attached hydrogens (tertiary/aromatic N) is 3. The summed E-state index contributed by atoms with van der Waals surface area (Å²) in [5.74, 6) is 0.339. The highest BCUT2D eigenvalue weighted by Gasteiger charge is 2.30. The van der Waals surface area contributed by atoms with E-state index in [1.165, 1.54) is 11.3 Å². The van der Waals surface area contributed by atoms with E-state index in [-0.39, 0.29) is 23.3 Å². The number of para-hydroxylation sites is 1. The van der Waals surface area contributed by atoms with Crippen LogP contribution in [0.25, 0.3) is 10.6 Å². The zero-order valence-corrected chi connectivity index (χ0v) is 22.5. The van der Waals surface area contributed by atoms with Crippen LogP contribution in [0.5, 0.6) is 5.75 Å². The predicted octanol–water partition coefficient (Wildman–Crippen LogP) is 0.478. The molecule has 14 heteroatoms. The summed E-state index contributed by atoms with van der Waals surface area (Å²) in [6.07, 6.45) is 3.53. The van der Waals surface area contributed by atoms with Gasteiger partial charge in [-0.3, -0.25) is 9.59 Å². The Morgan fingerprint density at radius 2 is 1.97 bits per heavy atom. The molecule has 0 saturated heterocycles. The highest BCUT2D eigenvalue weighted by atomic mass is 32.1. The van der Waals surface area contributed by atoms with Crippen LogP contribution >= 0.6 is 11.3 Å². The van der Waals surface area contributed by atoms with Gasteiger partial charge in [0.2, 0.25) is 5.91 Å². The van der Waals surface area contributed by atoms with E-state index in [0.29, 0.717) is 30.3 Å². The van der Waals surface area contributed by atoms with Crippen LogP contribution in [0.1, 0.15) is 35.1 Å². The lowest BCUT2D eigenvalue weighted by molar-refractivity contribution is -0.117. The topological polar surface area (TPSA) is 127 Å². The standard InChI is InChI=1S/C23H29B3N6O4S/c1-3-36-11-13-10-27-22(37-13)14-5-4-6-15(19(14)35-2)28-16-9-17(29-20(33)12-7-8-12)31-32-18(16)21(34)30-23(24,25)26/h4-6,9-10,12H,3,7-8,11,24-26H2,1-2H3,(H,30,34)(H2,28,29,31,33). The van der Waals surface area contributed by atoms with E-state index in [4.69, 9.17) is 9.47 Å². The van der Waals surface area contributed by atoms with Gasteiger partial charge < -0.3 is 25.4 Å². The minimum absolute atomic E-state index is 0.00441. The fourth-order valence-electron chi connectivity index (χ4n) is 3.56. The summed E-state index contributed by atoms with van der Waals surface area (Å²) in [4.78, 5) is 30.9. The maximum Gasteiger partial charge on any atom is 0.272 e. The van der Waals surface area contributed by atoms with Crippen LogP contribution in [-0.2, 0) is 16.1 Å². The molecule has 3 aromatic rings. The first-order valence-corrected chi connectivity index (χ1v) is 13.0. The second kappa shape index (κ2) is 11.3. The van der Waals surface area contributed by atoms with Crippen molar-refractivity contribution in [1.82, 2.24) is 20.5 Å². The molecule has 1 aromatic carbocycles. The molecule has 2 heterocycles. The summed E-state index contributed by atoms with van der Waals surface area (Å²) in [5, 5.41) is 17.5. The molecule has 1 aliphatic carbocycles. The molecule has 1 aliphatic rings. The molecule has 4 rings (SSSR count). The van der Waals surface area contributed by atoms with Gasteiger partial charge in [0.05, 0.1) is 35.5 Å². The molecule has 1 saturated carbocycles. The Morgan fingerprint density at radius 3 is 2.65 bits per heavy atom. The summed E-state index contributed by atoms with van der Waals surface area (Å²) < 4.78 is 11.3. The van der Waals surface area contributed by atoms with Crippen molar-refractivity contribution in [2.75, 3.05) is 24.4 Å². The fourth-order valence-corrected chi connectivity index (χ4v) is 4.43. The number of carbonyl (C=O) groups is 2. The second-order valence-electron chi connectivity index (χ2n) is 9.74. The van der Waals surface area contributed by atoms with Crippen molar-refractivity contribution in [2.45, 2.75) is 31.6 Å². The molecule has 0 unspecified atom stereocenters. The summed E-state index contributed by atoms with van der Waals surface area (Å²) in [6, 6.07) is 7.25. The summed E-state index contributed by atoms with van der Waals surface area (Å²) in [7, 11) is 7.24. The van der Waals surface area contributed by atoms with E-state index in [2.05, 4.69) is 31.1 Å². The number of thiazole rings is 1. The van der Waals surface area contributed by atoms with Gasteiger partial charge in [-0.15, -0.1) is 21.5 Å². The summed E-state index contributed by atoms with van der Waals surface area (Å²) >= 11 is 1.52. The maximum absolute atomic E-state index is 13.1. The number of ether oxygens (including phenoxy) is 2. The molecule has 2 aromatic heterocycles. The molecule has 10 nitrogen and oxygen atoms in total. The van der Waals surface area contributed by atoms with E-state index in [1.54, 1.807) is 19.4 Å². The molecule has 37 heavy (non-hydrogen) atoms. The number of nitrogens with one attached hydrogen (secondary N) is 3. The van der Waals surface area contributed by atoms with E-state index < -0.39 is 11.1 Å². The number of amides is 2. The average molecular weight is 518 g/mol. The SMILES string of the molecule is BC(B)(B)NC(=O)c1nnc(NC(=O)C2CC2)cc1Nc1cccc(-c2ncc(COCC)s2)c1OC. The van der Waals surface area contributed by atoms with E-state index in [9.17, 15) is 9.59 Å². The smallest absolute Gasteiger partial charge is 0.272 e. The minimum atomic E-state index is -0.476. The molecule has 2 amide bonds. The van der Waals surface area contributed by atoms with Crippen LogP contribution in [0.2, 0.25) is 0 Å². The third kappa shape index (κ3) is 6.89. The molecule has 0 aliphatic heterocycles. The number of rotatable bonds is 11. The molecule has 0 spiro atoms. The zero-order valence-electron chi connectivity index (χ0n) is 21.7. The number of anilines is 3. The van der Waals surface area contributed by atoms with Gasteiger partial charge in [-0.25, -0.2) is 4.98 Å². The monoisotopic (exact) mass is 518 g/mol. The first-order chi connectivity index (χ1) is 17.7. The van der Waals surface area contributed by atoms with Crippen LogP contribution in [0.4, 0.5) is 17.2 Å². The van der Waals surface area contributed by atoms with E-state index >= 15 is 0 Å². The number of benzene rings is 1. The normalized spacial score (nSPS) is 13.1. The lowest BCUT2D eigenvalue weighted by Gasteiger charge is -2.22. The maximum atomic E-state index is 13.1. The molecular formula is C23H29B3N6O4S. The Balaban J connectivity index is 1.69. The van der Waals surface area contributed by atoms with Gasteiger partial charge in [-0.1, -0.05) is 6.07 Å². The van der Waals surface area contributed by atoms with Crippen LogP contribution < -0.4 is 20.7 Å². The molecule has 1 fully saturated rings. The minimum Gasteiger partial charge on any atom is -0.494 e. The van der Waals surface area contributed by atoms with Gasteiger partial charge >= 0.3 is 0 Å². The Morgan fingerprint density at radius 1 is 1.19 bits per heavy atom. The lowest BCUT2D eigenvalue weighted by Crippen LogP contribution is -2.50. The van der Waals surface area contributed by atoms with Crippen molar-refractivity contribution >= 4 is 63.9 Å². The molecule has 3 N–H and O–H groups in total. The van der Waals surface area contributed by atoms with Crippen molar-refractivity contribution in [3.63, 3.8) is 0 Å². The van der Waals surface area contributed by atoms with Gasteiger partial charge in [0.25, 0.3) is 5.91 Å². The number of hydrogen-bond donors (Lipinski definition) is 3. The Bertz CT molecular complexity index is 1300. The largest absolute Gasteiger partial charge is 0.494 e. The van der Waals surface area contributed by atoms with Crippen molar-refractivity contribution in [3.05, 3.63) is 41.0 Å². The second-order valence-corrected chi connectivity index (χ2v) is 10.9. The fraction of sp³-hybridized carbons (Fsp3) is 0.348. The highest BCUT2D eigenvalue weighted by Crippen LogP contribution is 2.40. The van der Waals surface area contributed by atoms with E-state index in [0.717, 1.165) is 28.3 Å². The molecule has 0 radical (unpaired) electrons. The lowest BCUT2D eigenvalue weighted by atomic mass is 9.49. The van der Waals surface area contributed by atoms with Gasteiger partial charge in [0, 0.05) is 24.8 Å². The predicted molar refractivity (Wildman–Crippen MR) is 152 cm³/mol. The molecule has 0 bridgehead atoms. The van der Waals surface area contributed by atoms with Gasteiger partial charge in [0.1, 0.15) is 28.5 Å². The van der Waals surface area contributed by atoms with Crippen molar-refractivity contribution in [2.24, 2.45) is 5.92 Å². The van der Waals surface area contributed by atoms with Crippen LogP contribution in [0.3, 0.4) is 0 Å². The first-order valence-electron chi connectivity index (χ1n) is 12.2. The highest BCUT2D eigenvalue weighted by molar-refractivity contribution is 7.15. The van der Waals surface area contributed by atoms with Crippen molar-refractivity contribution in [3.8, 4) is 16.3 Å². The quantitative estimate of drug-likeness (QED) is 0.313.